The minimum atomic E-state index is -0.458. The topological polar surface area (TPSA) is 85.3 Å². The van der Waals surface area contributed by atoms with E-state index < -0.39 is 5.82 Å². The third kappa shape index (κ3) is 2.05. The summed E-state index contributed by atoms with van der Waals surface area (Å²) in [5.74, 6) is -0.841. The maximum absolute atomic E-state index is 13.0. The van der Waals surface area contributed by atoms with Crippen molar-refractivity contribution in [2.24, 2.45) is 0 Å². The van der Waals surface area contributed by atoms with Crippen molar-refractivity contribution >= 4 is 22.8 Å². The maximum atomic E-state index is 13.0. The highest BCUT2D eigenvalue weighted by Gasteiger charge is 2.14. The van der Waals surface area contributed by atoms with E-state index in [0.29, 0.717) is 16.8 Å². The molecule has 0 aliphatic rings. The molecule has 3 rings (SSSR count). The van der Waals surface area contributed by atoms with Crippen LogP contribution in [0.2, 0.25) is 0 Å². The molecule has 1 amide bonds. The van der Waals surface area contributed by atoms with E-state index in [2.05, 4.69) is 15.4 Å². The molecule has 0 atom stereocenters. The molecule has 3 N–H and O–H groups in total. The summed E-state index contributed by atoms with van der Waals surface area (Å²) < 4.78 is 14.5. The summed E-state index contributed by atoms with van der Waals surface area (Å²) in [4.78, 5) is 16.1. The third-order valence-corrected chi connectivity index (χ3v) is 2.83. The fraction of sp³-hybridized carbons (Fsp3) is 0. The van der Waals surface area contributed by atoms with Gasteiger partial charge in [0, 0.05) is 12.4 Å². The number of rotatable bonds is 2. The number of nitrogens with one attached hydrogen (secondary N) is 1. The molecule has 0 saturated heterocycles. The number of carbonyl (C=O) groups is 1. The van der Waals surface area contributed by atoms with Gasteiger partial charge in [-0.05, 0) is 18.2 Å². The molecule has 2 aromatic heterocycles. The molecule has 0 radical (unpaired) electrons. The van der Waals surface area contributed by atoms with Gasteiger partial charge in [-0.2, -0.15) is 5.10 Å². The number of hydrogen-bond donors (Lipinski definition) is 2. The number of fused-ring (bicyclic) bond motifs is 1. The lowest BCUT2D eigenvalue weighted by Crippen LogP contribution is -2.13. The Morgan fingerprint density at radius 2 is 2.20 bits per heavy atom. The molecule has 3 aromatic rings. The molecule has 0 saturated carbocycles. The zero-order valence-corrected chi connectivity index (χ0v) is 10.2. The number of hydrogen-bond acceptors (Lipinski definition) is 4. The number of carbonyl (C=O) groups excluding carboxylic acids is 1. The molecule has 0 unspecified atom stereocenters. The van der Waals surface area contributed by atoms with Gasteiger partial charge >= 0.3 is 0 Å². The Labute approximate surface area is 113 Å². The van der Waals surface area contributed by atoms with Crippen LogP contribution in [-0.4, -0.2) is 20.5 Å². The highest BCUT2D eigenvalue weighted by atomic mass is 19.1. The minimum Gasteiger partial charge on any atom is -0.397 e. The highest BCUT2D eigenvalue weighted by molar-refractivity contribution is 6.09. The predicted octanol–water partition coefficient (Wildman–Crippen LogP) is 1.70. The molecule has 0 aliphatic heterocycles. The first-order valence-electron chi connectivity index (χ1n) is 5.79. The Kier molecular flexibility index (Phi) is 2.79. The van der Waals surface area contributed by atoms with Gasteiger partial charge in [0.2, 0.25) is 0 Å². The number of halogens is 1. The van der Waals surface area contributed by atoms with Gasteiger partial charge in [0.15, 0.2) is 0 Å². The fourth-order valence-electron chi connectivity index (χ4n) is 1.85. The first-order chi connectivity index (χ1) is 9.65. The van der Waals surface area contributed by atoms with E-state index in [9.17, 15) is 9.18 Å². The second kappa shape index (κ2) is 4.61. The standard InChI is InChI=1S/C13H10FN5O/c14-8-1-2-11(10(15)5-8)18-13(20)9-6-17-19-4-3-16-7-12(9)19/h1-7H,15H2,(H,18,20). The number of nitrogens with zero attached hydrogens (tertiary/aromatic N) is 3. The van der Waals surface area contributed by atoms with E-state index in [-0.39, 0.29) is 11.6 Å². The second-order valence-electron chi connectivity index (χ2n) is 4.15. The van der Waals surface area contributed by atoms with Crippen LogP contribution in [0.4, 0.5) is 15.8 Å². The van der Waals surface area contributed by atoms with Gasteiger partial charge < -0.3 is 11.1 Å². The van der Waals surface area contributed by atoms with Crippen molar-refractivity contribution in [3.8, 4) is 0 Å². The van der Waals surface area contributed by atoms with Crippen molar-refractivity contribution in [3.63, 3.8) is 0 Å². The van der Waals surface area contributed by atoms with Crippen molar-refractivity contribution in [2.75, 3.05) is 11.1 Å². The first-order valence-corrected chi connectivity index (χ1v) is 5.79. The normalized spacial score (nSPS) is 10.7. The van der Waals surface area contributed by atoms with E-state index in [1.165, 1.54) is 29.0 Å². The number of amides is 1. The van der Waals surface area contributed by atoms with Gasteiger partial charge in [-0.15, -0.1) is 0 Å². The van der Waals surface area contributed by atoms with Crippen molar-refractivity contribution in [3.05, 3.63) is 54.4 Å². The predicted molar refractivity (Wildman–Crippen MR) is 71.8 cm³/mol. The molecule has 20 heavy (non-hydrogen) atoms. The second-order valence-corrected chi connectivity index (χ2v) is 4.15. The lowest BCUT2D eigenvalue weighted by molar-refractivity contribution is 0.102. The molecule has 0 aliphatic carbocycles. The van der Waals surface area contributed by atoms with Crippen LogP contribution in [0, 0.1) is 5.82 Å². The average molecular weight is 271 g/mol. The summed E-state index contributed by atoms with van der Waals surface area (Å²) in [5, 5.41) is 6.66. The number of anilines is 2. The Hall–Kier alpha value is -2.96. The van der Waals surface area contributed by atoms with Gasteiger partial charge in [-0.25, -0.2) is 8.91 Å². The van der Waals surface area contributed by atoms with Crippen molar-refractivity contribution in [1.29, 1.82) is 0 Å². The van der Waals surface area contributed by atoms with Crippen LogP contribution in [0.5, 0.6) is 0 Å². The minimum absolute atomic E-state index is 0.160. The number of benzene rings is 1. The van der Waals surface area contributed by atoms with Crippen molar-refractivity contribution in [1.82, 2.24) is 14.6 Å². The van der Waals surface area contributed by atoms with E-state index in [4.69, 9.17) is 5.73 Å². The van der Waals surface area contributed by atoms with Crippen LogP contribution >= 0.6 is 0 Å². The molecule has 0 bridgehead atoms. The molecule has 0 spiro atoms. The van der Waals surface area contributed by atoms with Gasteiger partial charge in [-0.1, -0.05) is 0 Å². The molecular weight excluding hydrogens is 261 g/mol. The van der Waals surface area contributed by atoms with Crippen LogP contribution in [0.1, 0.15) is 10.4 Å². The zero-order chi connectivity index (χ0) is 14.1. The first kappa shape index (κ1) is 12.1. The highest BCUT2D eigenvalue weighted by Crippen LogP contribution is 2.20. The Morgan fingerprint density at radius 1 is 1.35 bits per heavy atom. The van der Waals surface area contributed by atoms with Crippen LogP contribution in [0.25, 0.3) is 5.52 Å². The summed E-state index contributed by atoms with van der Waals surface area (Å²) in [6.07, 6.45) is 6.18. The zero-order valence-electron chi connectivity index (χ0n) is 10.2. The number of aromatic nitrogens is 3. The molecule has 2 heterocycles. The molecule has 100 valence electrons. The monoisotopic (exact) mass is 271 g/mol. The number of nitrogens with two attached hydrogens (primary N) is 1. The lowest BCUT2D eigenvalue weighted by atomic mass is 10.2. The van der Waals surface area contributed by atoms with Crippen molar-refractivity contribution < 1.29 is 9.18 Å². The van der Waals surface area contributed by atoms with Crippen LogP contribution in [0.15, 0.2) is 43.0 Å². The number of nitrogen functional groups attached to an aromatic ring is 1. The molecule has 1 aromatic carbocycles. The van der Waals surface area contributed by atoms with E-state index in [1.54, 1.807) is 12.4 Å². The van der Waals surface area contributed by atoms with Crippen LogP contribution in [0.3, 0.4) is 0 Å². The van der Waals surface area contributed by atoms with Gasteiger partial charge in [0.25, 0.3) is 5.91 Å². The summed E-state index contributed by atoms with van der Waals surface area (Å²) in [5.41, 5.74) is 7.09. The SMILES string of the molecule is Nc1cc(F)ccc1NC(=O)c1cnn2ccncc12. The Balaban J connectivity index is 1.93. The molecule has 0 fully saturated rings. The van der Waals surface area contributed by atoms with E-state index in [1.807, 2.05) is 0 Å². The maximum Gasteiger partial charge on any atom is 0.259 e. The smallest absolute Gasteiger partial charge is 0.259 e. The van der Waals surface area contributed by atoms with Gasteiger partial charge in [0.1, 0.15) is 5.82 Å². The summed E-state index contributed by atoms with van der Waals surface area (Å²) in [6.45, 7) is 0. The van der Waals surface area contributed by atoms with E-state index >= 15 is 0 Å². The quantitative estimate of drug-likeness (QED) is 0.695. The summed E-state index contributed by atoms with van der Waals surface area (Å²) in [6, 6.07) is 3.78. The van der Waals surface area contributed by atoms with Crippen LogP contribution < -0.4 is 11.1 Å². The van der Waals surface area contributed by atoms with Crippen LogP contribution in [-0.2, 0) is 0 Å². The Bertz CT molecular complexity index is 798. The summed E-state index contributed by atoms with van der Waals surface area (Å²) >= 11 is 0. The van der Waals surface area contributed by atoms with Gasteiger partial charge in [0.05, 0.1) is 34.8 Å². The average Bonchev–Trinajstić information content (AvgIpc) is 2.86. The molecule has 7 heteroatoms. The van der Waals surface area contributed by atoms with E-state index in [0.717, 1.165) is 6.07 Å². The van der Waals surface area contributed by atoms with Crippen molar-refractivity contribution in [2.45, 2.75) is 0 Å². The largest absolute Gasteiger partial charge is 0.397 e. The summed E-state index contributed by atoms with van der Waals surface area (Å²) in [7, 11) is 0. The lowest BCUT2D eigenvalue weighted by Gasteiger charge is -2.07. The molecule has 6 nitrogen and oxygen atoms in total. The Morgan fingerprint density at radius 3 is 3.00 bits per heavy atom. The van der Waals surface area contributed by atoms with Gasteiger partial charge in [-0.3, -0.25) is 9.78 Å². The fourth-order valence-corrected chi connectivity index (χ4v) is 1.85. The third-order valence-electron chi connectivity index (χ3n) is 2.83. The molecular formula is C13H10FN5O.